The van der Waals surface area contributed by atoms with Gasteiger partial charge in [-0.25, -0.2) is 4.98 Å². The van der Waals surface area contributed by atoms with Gasteiger partial charge in [-0.1, -0.05) is 6.92 Å². The minimum Gasteiger partial charge on any atom is -0.379 e. The number of hydrogen-bond donors (Lipinski definition) is 1. The summed E-state index contributed by atoms with van der Waals surface area (Å²) in [6.07, 6.45) is 3.40. The molecule has 0 saturated carbocycles. The SMILES string of the molecule is CCC1(Nc2ccnc(F)c2)CCOC1. The molecule has 4 heteroatoms. The molecule has 0 amide bonds. The van der Waals surface area contributed by atoms with Crippen LogP contribution in [0.2, 0.25) is 0 Å². The normalized spacial score (nSPS) is 25.5. The van der Waals surface area contributed by atoms with Crippen LogP contribution in [0, 0.1) is 5.95 Å². The largest absolute Gasteiger partial charge is 0.379 e. The second-order valence-electron chi connectivity index (χ2n) is 3.93. The summed E-state index contributed by atoms with van der Waals surface area (Å²) in [4.78, 5) is 3.53. The Balaban J connectivity index is 2.12. The highest BCUT2D eigenvalue weighted by atomic mass is 19.1. The van der Waals surface area contributed by atoms with Gasteiger partial charge in [-0.05, 0) is 18.9 Å². The van der Waals surface area contributed by atoms with Crippen LogP contribution in [0.15, 0.2) is 18.3 Å². The van der Waals surface area contributed by atoms with Gasteiger partial charge in [0.25, 0.3) is 0 Å². The molecule has 1 aromatic heterocycles. The molecule has 0 bridgehead atoms. The van der Waals surface area contributed by atoms with Crippen LogP contribution >= 0.6 is 0 Å². The molecule has 1 fully saturated rings. The number of hydrogen-bond acceptors (Lipinski definition) is 3. The van der Waals surface area contributed by atoms with E-state index in [-0.39, 0.29) is 5.54 Å². The number of pyridine rings is 1. The maximum atomic E-state index is 12.9. The van der Waals surface area contributed by atoms with Crippen molar-refractivity contribution in [1.29, 1.82) is 0 Å². The summed E-state index contributed by atoms with van der Waals surface area (Å²) < 4.78 is 18.3. The Labute approximate surface area is 88.7 Å². The van der Waals surface area contributed by atoms with Crippen LogP contribution in [0.5, 0.6) is 0 Å². The fourth-order valence-electron chi connectivity index (χ4n) is 1.86. The molecular formula is C11H15FN2O. The van der Waals surface area contributed by atoms with E-state index in [0.29, 0.717) is 6.61 Å². The quantitative estimate of drug-likeness (QED) is 0.776. The molecule has 3 nitrogen and oxygen atoms in total. The number of nitrogens with zero attached hydrogens (tertiary/aromatic N) is 1. The van der Waals surface area contributed by atoms with E-state index in [4.69, 9.17) is 4.74 Å². The number of halogens is 1. The fraction of sp³-hybridized carbons (Fsp3) is 0.545. The number of ether oxygens (including phenoxy) is 1. The Kier molecular flexibility index (Phi) is 2.86. The summed E-state index contributed by atoms with van der Waals surface area (Å²) >= 11 is 0. The van der Waals surface area contributed by atoms with E-state index in [1.807, 2.05) is 0 Å². The zero-order valence-electron chi connectivity index (χ0n) is 8.79. The highest BCUT2D eigenvalue weighted by Gasteiger charge is 2.32. The van der Waals surface area contributed by atoms with Crippen LogP contribution < -0.4 is 5.32 Å². The number of rotatable bonds is 3. The molecule has 1 unspecified atom stereocenters. The van der Waals surface area contributed by atoms with Crippen molar-refractivity contribution in [2.24, 2.45) is 0 Å². The third kappa shape index (κ3) is 2.26. The number of anilines is 1. The molecule has 1 aromatic rings. The summed E-state index contributed by atoms with van der Waals surface area (Å²) in [5.74, 6) is -0.454. The summed E-state index contributed by atoms with van der Waals surface area (Å²) in [5.41, 5.74) is 0.739. The van der Waals surface area contributed by atoms with E-state index < -0.39 is 5.95 Å². The smallest absolute Gasteiger partial charge is 0.214 e. The van der Waals surface area contributed by atoms with Gasteiger partial charge in [-0.15, -0.1) is 0 Å². The van der Waals surface area contributed by atoms with Gasteiger partial charge in [0.1, 0.15) is 0 Å². The zero-order valence-corrected chi connectivity index (χ0v) is 8.79. The van der Waals surface area contributed by atoms with Crippen LogP contribution in [-0.2, 0) is 4.74 Å². The lowest BCUT2D eigenvalue weighted by molar-refractivity contribution is 0.181. The van der Waals surface area contributed by atoms with Gasteiger partial charge in [-0.2, -0.15) is 4.39 Å². The molecule has 1 aliphatic heterocycles. The molecular weight excluding hydrogens is 195 g/mol. The van der Waals surface area contributed by atoms with E-state index in [2.05, 4.69) is 17.2 Å². The van der Waals surface area contributed by atoms with Gasteiger partial charge in [0, 0.05) is 24.6 Å². The Morgan fingerprint density at radius 2 is 2.53 bits per heavy atom. The molecule has 0 spiro atoms. The second-order valence-corrected chi connectivity index (χ2v) is 3.93. The van der Waals surface area contributed by atoms with Crippen LogP contribution in [0.3, 0.4) is 0 Å². The molecule has 0 aromatic carbocycles. The first-order valence-corrected chi connectivity index (χ1v) is 5.22. The van der Waals surface area contributed by atoms with Crippen LogP contribution in [0.4, 0.5) is 10.1 Å². The monoisotopic (exact) mass is 210 g/mol. The van der Waals surface area contributed by atoms with Crippen molar-refractivity contribution in [3.05, 3.63) is 24.3 Å². The van der Waals surface area contributed by atoms with Gasteiger partial charge in [0.05, 0.1) is 12.1 Å². The van der Waals surface area contributed by atoms with Crippen LogP contribution in [0.25, 0.3) is 0 Å². The third-order valence-electron chi connectivity index (χ3n) is 2.92. The minimum absolute atomic E-state index is 0.0339. The van der Waals surface area contributed by atoms with Crippen molar-refractivity contribution < 1.29 is 9.13 Å². The summed E-state index contributed by atoms with van der Waals surface area (Å²) in [6, 6.07) is 3.19. The van der Waals surface area contributed by atoms with Crippen molar-refractivity contribution in [2.45, 2.75) is 25.3 Å². The third-order valence-corrected chi connectivity index (χ3v) is 2.92. The lowest BCUT2D eigenvalue weighted by atomic mass is 9.95. The van der Waals surface area contributed by atoms with E-state index in [9.17, 15) is 4.39 Å². The lowest BCUT2D eigenvalue weighted by Crippen LogP contribution is -2.38. The van der Waals surface area contributed by atoms with Gasteiger partial charge >= 0.3 is 0 Å². The predicted molar refractivity (Wildman–Crippen MR) is 56.3 cm³/mol. The van der Waals surface area contributed by atoms with E-state index >= 15 is 0 Å². The zero-order chi connectivity index (χ0) is 10.7. The van der Waals surface area contributed by atoms with Crippen molar-refractivity contribution in [3.63, 3.8) is 0 Å². The lowest BCUT2D eigenvalue weighted by Gasteiger charge is -2.28. The highest BCUT2D eigenvalue weighted by Crippen LogP contribution is 2.27. The van der Waals surface area contributed by atoms with Crippen molar-refractivity contribution >= 4 is 5.69 Å². The van der Waals surface area contributed by atoms with Crippen molar-refractivity contribution in [2.75, 3.05) is 18.5 Å². The summed E-state index contributed by atoms with van der Waals surface area (Å²) in [5, 5.41) is 3.34. The summed E-state index contributed by atoms with van der Waals surface area (Å²) in [6.45, 7) is 3.57. The summed E-state index contributed by atoms with van der Waals surface area (Å²) in [7, 11) is 0. The Morgan fingerprint density at radius 1 is 1.67 bits per heavy atom. The minimum atomic E-state index is -0.454. The maximum absolute atomic E-state index is 12.9. The van der Waals surface area contributed by atoms with Crippen molar-refractivity contribution in [1.82, 2.24) is 4.98 Å². The van der Waals surface area contributed by atoms with E-state index in [1.165, 1.54) is 12.3 Å². The second kappa shape index (κ2) is 4.14. The van der Waals surface area contributed by atoms with E-state index in [0.717, 1.165) is 25.1 Å². The average Bonchev–Trinajstić information content (AvgIpc) is 2.67. The molecule has 1 aliphatic rings. The topological polar surface area (TPSA) is 34.2 Å². The molecule has 0 aliphatic carbocycles. The van der Waals surface area contributed by atoms with Gasteiger partial charge in [0.15, 0.2) is 0 Å². The predicted octanol–water partition coefficient (Wildman–Crippen LogP) is 2.20. The molecule has 1 N–H and O–H groups in total. The van der Waals surface area contributed by atoms with Crippen LogP contribution in [-0.4, -0.2) is 23.7 Å². The van der Waals surface area contributed by atoms with Crippen molar-refractivity contribution in [3.8, 4) is 0 Å². The Morgan fingerprint density at radius 3 is 3.13 bits per heavy atom. The van der Waals surface area contributed by atoms with E-state index in [1.54, 1.807) is 6.07 Å². The number of nitrogens with one attached hydrogen (secondary N) is 1. The molecule has 0 radical (unpaired) electrons. The molecule has 82 valence electrons. The molecule has 2 rings (SSSR count). The first kappa shape index (κ1) is 10.4. The Bertz CT molecular complexity index is 337. The molecule has 1 atom stereocenters. The highest BCUT2D eigenvalue weighted by molar-refractivity contribution is 5.44. The standard InChI is InChI=1S/C11H15FN2O/c1-2-11(4-6-15-8-11)14-9-3-5-13-10(12)7-9/h3,5,7H,2,4,6,8H2,1H3,(H,13,14). The van der Waals surface area contributed by atoms with Gasteiger partial charge in [0.2, 0.25) is 5.95 Å². The fourth-order valence-corrected chi connectivity index (χ4v) is 1.86. The Hall–Kier alpha value is -1.16. The molecule has 15 heavy (non-hydrogen) atoms. The average molecular weight is 210 g/mol. The number of aromatic nitrogens is 1. The molecule has 1 saturated heterocycles. The van der Waals surface area contributed by atoms with Gasteiger partial charge < -0.3 is 10.1 Å². The first-order valence-electron chi connectivity index (χ1n) is 5.22. The maximum Gasteiger partial charge on any atom is 0.214 e. The molecule has 2 heterocycles. The van der Waals surface area contributed by atoms with Crippen LogP contribution in [0.1, 0.15) is 19.8 Å². The first-order chi connectivity index (χ1) is 7.24. The van der Waals surface area contributed by atoms with Gasteiger partial charge in [-0.3, -0.25) is 0 Å².